The first-order chi connectivity index (χ1) is 10.7. The molecule has 1 aliphatic rings. The second-order valence-corrected chi connectivity index (χ2v) is 5.89. The Morgan fingerprint density at radius 2 is 1.86 bits per heavy atom. The fraction of sp³-hybridized carbons (Fsp3) is 0.316. The molecule has 3 nitrogen and oxygen atoms in total. The summed E-state index contributed by atoms with van der Waals surface area (Å²) in [6.07, 6.45) is 3.36. The highest BCUT2D eigenvalue weighted by Crippen LogP contribution is 2.29. The highest BCUT2D eigenvalue weighted by molar-refractivity contribution is 6.09. The zero-order valence-corrected chi connectivity index (χ0v) is 13.0. The Labute approximate surface area is 131 Å². The van der Waals surface area contributed by atoms with Crippen molar-refractivity contribution in [1.82, 2.24) is 0 Å². The summed E-state index contributed by atoms with van der Waals surface area (Å²) in [6, 6.07) is 13.3. The molecule has 114 valence electrons. The third-order valence-electron chi connectivity index (χ3n) is 4.22. The number of nitrogens with zero attached hydrogens (tertiary/aromatic N) is 1. The molecule has 0 amide bonds. The number of benzene rings is 2. The van der Waals surface area contributed by atoms with Crippen LogP contribution in [0.5, 0.6) is 0 Å². The van der Waals surface area contributed by atoms with E-state index in [0.717, 1.165) is 37.9 Å². The number of nitrogen functional groups attached to an aromatic ring is 1. The number of carbonyl (C=O) groups excluding carboxylic acids is 1. The molecular weight excluding hydrogens is 272 g/mol. The number of anilines is 2. The molecule has 0 saturated carbocycles. The fourth-order valence-electron chi connectivity index (χ4n) is 3.12. The van der Waals surface area contributed by atoms with Crippen LogP contribution in [-0.2, 0) is 6.42 Å². The smallest absolute Gasteiger partial charge is 0.193 e. The number of ketones is 1. The van der Waals surface area contributed by atoms with Crippen molar-refractivity contribution >= 4 is 17.2 Å². The van der Waals surface area contributed by atoms with Crippen LogP contribution in [0.3, 0.4) is 0 Å². The lowest BCUT2D eigenvalue weighted by molar-refractivity contribution is 0.103. The van der Waals surface area contributed by atoms with Crippen LogP contribution in [0.1, 0.15) is 41.3 Å². The van der Waals surface area contributed by atoms with E-state index < -0.39 is 0 Å². The van der Waals surface area contributed by atoms with E-state index in [4.69, 9.17) is 5.73 Å². The molecule has 0 aromatic heterocycles. The van der Waals surface area contributed by atoms with Gasteiger partial charge in [0.2, 0.25) is 0 Å². The molecule has 0 saturated heterocycles. The zero-order valence-electron chi connectivity index (χ0n) is 13.0. The molecule has 3 heteroatoms. The van der Waals surface area contributed by atoms with Crippen molar-refractivity contribution in [3.05, 3.63) is 59.2 Å². The van der Waals surface area contributed by atoms with Crippen LogP contribution in [0.4, 0.5) is 11.4 Å². The third kappa shape index (κ3) is 2.84. The van der Waals surface area contributed by atoms with Gasteiger partial charge in [-0.3, -0.25) is 4.79 Å². The minimum atomic E-state index is 0.0652. The van der Waals surface area contributed by atoms with Crippen LogP contribution in [0, 0.1) is 0 Å². The SMILES string of the molecule is CCCN1CCCc2cc(C(=O)c3ccc(N)cc3)ccc21. The van der Waals surface area contributed by atoms with E-state index in [-0.39, 0.29) is 5.78 Å². The Balaban J connectivity index is 1.90. The predicted octanol–water partition coefficient (Wildman–Crippen LogP) is 3.66. The minimum Gasteiger partial charge on any atom is -0.399 e. The highest BCUT2D eigenvalue weighted by Gasteiger charge is 2.18. The van der Waals surface area contributed by atoms with Crippen molar-refractivity contribution in [2.45, 2.75) is 26.2 Å². The van der Waals surface area contributed by atoms with Gasteiger partial charge in [-0.25, -0.2) is 0 Å². The fourth-order valence-corrected chi connectivity index (χ4v) is 3.12. The first kappa shape index (κ1) is 14.6. The molecule has 3 rings (SSSR count). The summed E-state index contributed by atoms with van der Waals surface area (Å²) in [5.41, 5.74) is 10.4. The second-order valence-electron chi connectivity index (χ2n) is 5.89. The van der Waals surface area contributed by atoms with Gasteiger partial charge in [-0.05, 0) is 67.3 Å². The molecule has 0 atom stereocenters. The Bertz CT molecular complexity index is 676. The molecule has 2 N–H and O–H groups in total. The van der Waals surface area contributed by atoms with Crippen molar-refractivity contribution in [3.63, 3.8) is 0 Å². The molecule has 1 heterocycles. The van der Waals surface area contributed by atoms with Gasteiger partial charge in [0.25, 0.3) is 0 Å². The van der Waals surface area contributed by atoms with Gasteiger partial charge in [0.1, 0.15) is 0 Å². The first-order valence-electron chi connectivity index (χ1n) is 7.97. The third-order valence-corrected chi connectivity index (χ3v) is 4.22. The average Bonchev–Trinajstić information content (AvgIpc) is 2.55. The van der Waals surface area contributed by atoms with Crippen LogP contribution in [0.2, 0.25) is 0 Å². The lowest BCUT2D eigenvalue weighted by Gasteiger charge is -2.31. The van der Waals surface area contributed by atoms with Crippen molar-refractivity contribution in [2.75, 3.05) is 23.7 Å². The Kier molecular flexibility index (Phi) is 4.14. The number of hydrogen-bond donors (Lipinski definition) is 1. The van der Waals surface area contributed by atoms with Crippen LogP contribution < -0.4 is 10.6 Å². The molecule has 0 aliphatic carbocycles. The Morgan fingerprint density at radius 1 is 1.14 bits per heavy atom. The van der Waals surface area contributed by atoms with Gasteiger partial charge in [-0.1, -0.05) is 6.92 Å². The first-order valence-corrected chi connectivity index (χ1v) is 7.97. The molecule has 2 aromatic rings. The maximum atomic E-state index is 12.6. The number of aryl methyl sites for hydroxylation is 1. The topological polar surface area (TPSA) is 46.3 Å². The van der Waals surface area contributed by atoms with Gasteiger partial charge in [0.15, 0.2) is 5.78 Å². The molecule has 0 spiro atoms. The summed E-state index contributed by atoms with van der Waals surface area (Å²) in [4.78, 5) is 15.0. The van der Waals surface area contributed by atoms with Crippen LogP contribution >= 0.6 is 0 Å². The van der Waals surface area contributed by atoms with Gasteiger partial charge in [-0.15, -0.1) is 0 Å². The molecule has 22 heavy (non-hydrogen) atoms. The summed E-state index contributed by atoms with van der Waals surface area (Å²) in [6.45, 7) is 4.40. The van der Waals surface area contributed by atoms with Crippen molar-refractivity contribution in [1.29, 1.82) is 0 Å². The number of hydrogen-bond acceptors (Lipinski definition) is 3. The standard InChI is InChI=1S/C19H22N2O/c1-2-11-21-12-3-4-15-13-16(7-10-18(15)21)19(22)14-5-8-17(20)9-6-14/h5-10,13H,2-4,11-12,20H2,1H3. The predicted molar refractivity (Wildman–Crippen MR) is 91.6 cm³/mol. The van der Waals surface area contributed by atoms with E-state index in [1.807, 2.05) is 6.07 Å². The molecule has 0 fully saturated rings. The Morgan fingerprint density at radius 3 is 2.59 bits per heavy atom. The Hall–Kier alpha value is -2.29. The quantitative estimate of drug-likeness (QED) is 0.691. The number of fused-ring (bicyclic) bond motifs is 1. The van der Waals surface area contributed by atoms with Crippen molar-refractivity contribution in [3.8, 4) is 0 Å². The maximum Gasteiger partial charge on any atom is 0.193 e. The average molecular weight is 294 g/mol. The van der Waals surface area contributed by atoms with Gasteiger partial charge < -0.3 is 10.6 Å². The van der Waals surface area contributed by atoms with Gasteiger partial charge in [-0.2, -0.15) is 0 Å². The number of carbonyl (C=O) groups is 1. The van der Waals surface area contributed by atoms with E-state index in [9.17, 15) is 4.79 Å². The van der Waals surface area contributed by atoms with Gasteiger partial charge in [0.05, 0.1) is 0 Å². The van der Waals surface area contributed by atoms with Crippen LogP contribution in [0.25, 0.3) is 0 Å². The van der Waals surface area contributed by atoms with E-state index in [0.29, 0.717) is 11.3 Å². The largest absolute Gasteiger partial charge is 0.399 e. The monoisotopic (exact) mass is 294 g/mol. The maximum absolute atomic E-state index is 12.6. The molecule has 0 radical (unpaired) electrons. The van der Waals surface area contributed by atoms with E-state index in [2.05, 4.69) is 24.0 Å². The minimum absolute atomic E-state index is 0.0652. The molecule has 2 aromatic carbocycles. The van der Waals surface area contributed by atoms with E-state index in [1.165, 1.54) is 11.3 Å². The summed E-state index contributed by atoms with van der Waals surface area (Å²) >= 11 is 0. The van der Waals surface area contributed by atoms with Crippen molar-refractivity contribution in [2.24, 2.45) is 0 Å². The molecule has 1 aliphatic heterocycles. The van der Waals surface area contributed by atoms with Crippen LogP contribution in [0.15, 0.2) is 42.5 Å². The molecule has 0 unspecified atom stereocenters. The summed E-state index contributed by atoms with van der Waals surface area (Å²) in [5.74, 6) is 0.0652. The summed E-state index contributed by atoms with van der Waals surface area (Å²) in [5, 5.41) is 0. The molecule has 0 bridgehead atoms. The van der Waals surface area contributed by atoms with E-state index >= 15 is 0 Å². The lowest BCUT2D eigenvalue weighted by atomic mass is 9.95. The summed E-state index contributed by atoms with van der Waals surface area (Å²) < 4.78 is 0. The molecular formula is C19H22N2O. The normalized spacial score (nSPS) is 13.8. The van der Waals surface area contributed by atoms with Gasteiger partial charge >= 0.3 is 0 Å². The van der Waals surface area contributed by atoms with E-state index in [1.54, 1.807) is 24.3 Å². The number of rotatable bonds is 4. The zero-order chi connectivity index (χ0) is 15.5. The highest BCUT2D eigenvalue weighted by atomic mass is 16.1. The number of nitrogens with two attached hydrogens (primary N) is 1. The van der Waals surface area contributed by atoms with Crippen LogP contribution in [-0.4, -0.2) is 18.9 Å². The van der Waals surface area contributed by atoms with Crippen molar-refractivity contribution < 1.29 is 4.79 Å². The summed E-state index contributed by atoms with van der Waals surface area (Å²) in [7, 11) is 0. The lowest BCUT2D eigenvalue weighted by Crippen LogP contribution is -2.30. The second kappa shape index (κ2) is 6.22. The van der Waals surface area contributed by atoms with Gasteiger partial charge in [0, 0.05) is 35.6 Å².